The Hall–Kier alpha value is -3.85. The molecule has 1 aliphatic rings. The number of amides is 1. The smallest absolute Gasteiger partial charge is 0.257 e. The van der Waals surface area contributed by atoms with Crippen molar-refractivity contribution in [2.45, 2.75) is 26.2 Å². The van der Waals surface area contributed by atoms with Crippen molar-refractivity contribution in [2.24, 2.45) is 4.36 Å². The molecule has 0 spiro atoms. The number of nitrogens with zero attached hydrogens (tertiary/aromatic N) is 3. The molecule has 1 amide bonds. The van der Waals surface area contributed by atoms with Crippen molar-refractivity contribution in [1.29, 1.82) is 0 Å². The minimum Gasteiger partial charge on any atom is -0.481 e. The molecule has 5 rings (SSSR count). The summed E-state index contributed by atoms with van der Waals surface area (Å²) in [5.74, 6) is 2.38. The maximum atomic E-state index is 14.1. The zero-order valence-corrected chi connectivity index (χ0v) is 22.1. The van der Waals surface area contributed by atoms with Crippen LogP contribution in [0.25, 0.3) is 10.9 Å². The number of rotatable bonds is 9. The Morgan fingerprint density at radius 3 is 2.71 bits per heavy atom. The molecule has 0 saturated carbocycles. The molecular weight excluding hydrogens is 501 g/mol. The summed E-state index contributed by atoms with van der Waals surface area (Å²) in [4.78, 5) is 21.3. The number of carbonyl (C=O) groups excluding carboxylic acids is 1. The lowest BCUT2D eigenvalue weighted by atomic mass is 10.1. The Labute approximate surface area is 224 Å². The predicted molar refractivity (Wildman–Crippen MR) is 151 cm³/mol. The van der Waals surface area contributed by atoms with Gasteiger partial charge in [0.1, 0.15) is 23.7 Å². The lowest BCUT2D eigenvalue weighted by Crippen LogP contribution is -2.30. The van der Waals surface area contributed by atoms with Gasteiger partial charge in [0.15, 0.2) is 6.61 Å². The third-order valence-corrected chi connectivity index (χ3v) is 8.29. The normalized spacial score (nSPS) is 13.4. The van der Waals surface area contributed by atoms with Gasteiger partial charge in [-0.15, -0.1) is 0 Å². The predicted octanol–water partition coefficient (Wildman–Crippen LogP) is 5.79. The lowest BCUT2D eigenvalue weighted by Gasteiger charge is -2.15. The van der Waals surface area contributed by atoms with Crippen molar-refractivity contribution in [2.75, 3.05) is 30.0 Å². The number of ether oxygens (including phenoxy) is 1. The molecule has 1 aromatic heterocycles. The minimum atomic E-state index is -0.460. The zero-order valence-electron chi connectivity index (χ0n) is 21.2. The summed E-state index contributed by atoms with van der Waals surface area (Å²) in [7, 11) is 0.0909. The van der Waals surface area contributed by atoms with Gasteiger partial charge in [-0.2, -0.15) is 0 Å². The SMILES string of the molecule is Cc1cc(N=S2CCCC2)cc2ncnc(Nc3ccc(F)cc3OCC(=O)NCCc3ccccc3)c12. The largest absolute Gasteiger partial charge is 0.481 e. The number of hydrogen-bond acceptors (Lipinski definition) is 6. The van der Waals surface area contributed by atoms with Crippen LogP contribution in [0.1, 0.15) is 24.0 Å². The van der Waals surface area contributed by atoms with Gasteiger partial charge < -0.3 is 15.4 Å². The Balaban J connectivity index is 1.29. The van der Waals surface area contributed by atoms with E-state index in [4.69, 9.17) is 9.10 Å². The molecule has 196 valence electrons. The summed E-state index contributed by atoms with van der Waals surface area (Å²) in [6.45, 7) is 2.26. The maximum absolute atomic E-state index is 14.1. The maximum Gasteiger partial charge on any atom is 0.257 e. The number of aryl methyl sites for hydroxylation is 1. The van der Waals surface area contributed by atoms with Crippen LogP contribution < -0.4 is 15.4 Å². The van der Waals surface area contributed by atoms with E-state index >= 15 is 0 Å². The van der Waals surface area contributed by atoms with Crippen molar-refractivity contribution in [3.05, 3.63) is 83.9 Å². The zero-order chi connectivity index (χ0) is 26.3. The molecule has 9 heteroatoms. The third-order valence-electron chi connectivity index (χ3n) is 6.30. The standard InChI is InChI=1S/C29H30FN5O2S/c1-20-15-23(35-38-13-5-6-14-38)17-25-28(20)29(33-19-32-25)34-24-10-9-22(30)16-26(24)37-18-27(36)31-12-11-21-7-3-2-4-8-21/h2-4,7-10,15-17,19H,5-6,11-14,18H2,1H3,(H,31,36)(H,32,33,34). The highest BCUT2D eigenvalue weighted by molar-refractivity contribution is 7.87. The van der Waals surface area contributed by atoms with E-state index in [0.717, 1.165) is 45.6 Å². The molecule has 7 nitrogen and oxygen atoms in total. The van der Waals surface area contributed by atoms with E-state index in [2.05, 4.69) is 26.7 Å². The van der Waals surface area contributed by atoms with Crippen molar-refractivity contribution < 1.29 is 13.9 Å². The van der Waals surface area contributed by atoms with E-state index in [1.807, 2.05) is 43.3 Å². The Morgan fingerprint density at radius 1 is 1.08 bits per heavy atom. The molecule has 1 saturated heterocycles. The molecule has 0 bridgehead atoms. The molecule has 1 aliphatic heterocycles. The van der Waals surface area contributed by atoms with Gasteiger partial charge in [0.25, 0.3) is 5.91 Å². The summed E-state index contributed by atoms with van der Waals surface area (Å²) >= 11 is 0. The topological polar surface area (TPSA) is 88.5 Å². The van der Waals surface area contributed by atoms with Crippen LogP contribution in [0.5, 0.6) is 5.75 Å². The summed E-state index contributed by atoms with van der Waals surface area (Å²) in [5.41, 5.74) is 4.36. The highest BCUT2D eigenvalue weighted by atomic mass is 32.2. The van der Waals surface area contributed by atoms with E-state index < -0.39 is 5.82 Å². The van der Waals surface area contributed by atoms with E-state index in [9.17, 15) is 9.18 Å². The number of nitrogens with one attached hydrogen (secondary N) is 2. The van der Waals surface area contributed by atoms with Gasteiger partial charge in [0.2, 0.25) is 0 Å². The Morgan fingerprint density at radius 2 is 1.89 bits per heavy atom. The van der Waals surface area contributed by atoms with Gasteiger partial charge in [-0.05, 0) is 61.6 Å². The molecule has 1 fully saturated rings. The molecule has 38 heavy (non-hydrogen) atoms. The highest BCUT2D eigenvalue weighted by Gasteiger charge is 2.14. The lowest BCUT2D eigenvalue weighted by molar-refractivity contribution is -0.123. The average molecular weight is 532 g/mol. The number of carbonyl (C=O) groups is 1. The van der Waals surface area contributed by atoms with Crippen molar-refractivity contribution >= 4 is 44.7 Å². The summed E-state index contributed by atoms with van der Waals surface area (Å²) < 4.78 is 24.7. The average Bonchev–Trinajstić information content (AvgIpc) is 3.42. The Bertz CT molecular complexity index is 1470. The second-order valence-electron chi connectivity index (χ2n) is 9.19. The molecular formula is C29H30FN5O2S. The van der Waals surface area contributed by atoms with E-state index in [1.54, 1.807) is 6.07 Å². The number of fused-ring (bicyclic) bond motifs is 1. The first kappa shape index (κ1) is 25.8. The molecule has 3 aromatic carbocycles. The number of hydrogen-bond donors (Lipinski definition) is 2. The fourth-order valence-corrected chi connectivity index (χ4v) is 6.30. The van der Waals surface area contributed by atoms with Crippen molar-refractivity contribution in [3.63, 3.8) is 0 Å². The van der Waals surface area contributed by atoms with Crippen LogP contribution in [0.4, 0.5) is 21.6 Å². The molecule has 0 unspecified atom stereocenters. The van der Waals surface area contributed by atoms with E-state index in [-0.39, 0.29) is 29.0 Å². The van der Waals surface area contributed by atoms with Gasteiger partial charge >= 0.3 is 0 Å². The molecule has 2 N–H and O–H groups in total. The van der Waals surface area contributed by atoms with Crippen LogP contribution in [0.15, 0.2) is 71.4 Å². The van der Waals surface area contributed by atoms with Crippen LogP contribution in [-0.4, -0.2) is 40.5 Å². The minimum absolute atomic E-state index is 0.0909. The first-order valence-electron chi connectivity index (χ1n) is 12.7. The van der Waals surface area contributed by atoms with E-state index in [1.165, 1.54) is 31.3 Å². The summed E-state index contributed by atoms with van der Waals surface area (Å²) in [6, 6.07) is 18.1. The number of halogens is 1. The van der Waals surface area contributed by atoms with Gasteiger partial charge in [0, 0.05) is 29.5 Å². The highest BCUT2D eigenvalue weighted by Crippen LogP contribution is 2.34. The van der Waals surface area contributed by atoms with Crippen molar-refractivity contribution in [3.8, 4) is 5.75 Å². The number of anilines is 2. The summed E-state index contributed by atoms with van der Waals surface area (Å²) in [5, 5.41) is 6.96. The van der Waals surface area contributed by atoms with Gasteiger partial charge in [-0.1, -0.05) is 41.0 Å². The molecule has 0 radical (unpaired) electrons. The Kier molecular flexibility index (Phi) is 8.23. The first-order chi connectivity index (χ1) is 18.5. The monoisotopic (exact) mass is 531 g/mol. The van der Waals surface area contributed by atoms with Crippen LogP contribution in [0, 0.1) is 12.7 Å². The fourth-order valence-electron chi connectivity index (χ4n) is 4.43. The second-order valence-corrected chi connectivity index (χ2v) is 11.1. The summed E-state index contributed by atoms with van der Waals surface area (Å²) in [6.07, 6.45) is 4.70. The van der Waals surface area contributed by atoms with Crippen LogP contribution in [0.2, 0.25) is 0 Å². The quantitative estimate of drug-likeness (QED) is 0.286. The van der Waals surface area contributed by atoms with Gasteiger partial charge in [-0.25, -0.2) is 18.7 Å². The number of benzene rings is 3. The van der Waals surface area contributed by atoms with Crippen molar-refractivity contribution in [1.82, 2.24) is 15.3 Å². The van der Waals surface area contributed by atoms with Gasteiger partial charge in [-0.3, -0.25) is 4.79 Å². The van der Waals surface area contributed by atoms with Crippen LogP contribution in [0.3, 0.4) is 0 Å². The molecule has 0 aliphatic carbocycles. The molecule has 4 aromatic rings. The first-order valence-corrected chi connectivity index (χ1v) is 14.2. The van der Waals surface area contributed by atoms with Crippen LogP contribution in [-0.2, 0) is 21.9 Å². The molecule has 2 heterocycles. The second kappa shape index (κ2) is 12.1. The fraction of sp³-hybridized carbons (Fsp3) is 0.276. The number of aromatic nitrogens is 2. The van der Waals surface area contributed by atoms with Gasteiger partial charge in [0.05, 0.1) is 16.9 Å². The van der Waals surface area contributed by atoms with Crippen LogP contribution >= 0.6 is 0 Å². The van der Waals surface area contributed by atoms with E-state index in [0.29, 0.717) is 18.1 Å². The third kappa shape index (κ3) is 6.52. The molecule has 0 atom stereocenters.